The van der Waals surface area contributed by atoms with Crippen LogP contribution >= 0.6 is 34.5 Å². The number of fused-ring (bicyclic) bond motifs is 2. The van der Waals surface area contributed by atoms with E-state index in [1.54, 1.807) is 0 Å². The summed E-state index contributed by atoms with van der Waals surface area (Å²) in [6, 6.07) is 7.80. The molecule has 21 heavy (non-hydrogen) atoms. The number of hydrogen-bond acceptors (Lipinski definition) is 4. The number of nitrogens with zero attached hydrogens (tertiary/aromatic N) is 1. The van der Waals surface area contributed by atoms with Crippen LogP contribution in [0.5, 0.6) is 0 Å². The summed E-state index contributed by atoms with van der Waals surface area (Å²) >= 11 is 9.14. The van der Waals surface area contributed by atoms with Crippen molar-refractivity contribution in [2.45, 2.75) is 19.3 Å². The van der Waals surface area contributed by atoms with Crippen LogP contribution < -0.4 is 5.32 Å². The molecule has 6 heteroatoms. The molecule has 1 N–H and O–H groups in total. The monoisotopic (exact) mass is 334 g/mol. The van der Waals surface area contributed by atoms with Crippen molar-refractivity contribution in [1.29, 1.82) is 0 Å². The summed E-state index contributed by atoms with van der Waals surface area (Å²) in [4.78, 5) is 13.1. The minimum Gasteiger partial charge on any atom is -0.311 e. The molecule has 106 valence electrons. The largest absolute Gasteiger partial charge is 0.311 e. The molecule has 1 aliphatic carbocycles. The third kappa shape index (κ3) is 2.16. The van der Waals surface area contributed by atoms with Gasteiger partial charge in [0.25, 0.3) is 5.91 Å². The Morgan fingerprint density at radius 2 is 2.14 bits per heavy atom. The number of halogens is 1. The van der Waals surface area contributed by atoms with Gasteiger partial charge in [0.1, 0.15) is 9.88 Å². The maximum atomic E-state index is 12.5. The van der Waals surface area contributed by atoms with Crippen molar-refractivity contribution in [3.8, 4) is 0 Å². The van der Waals surface area contributed by atoms with Gasteiger partial charge in [0.05, 0.1) is 10.7 Å². The molecule has 0 spiro atoms. The van der Waals surface area contributed by atoms with Crippen LogP contribution in [0.2, 0.25) is 5.02 Å². The summed E-state index contributed by atoms with van der Waals surface area (Å²) in [6.07, 6.45) is 3.14. The van der Waals surface area contributed by atoms with Crippen molar-refractivity contribution in [2.24, 2.45) is 0 Å². The lowest BCUT2D eigenvalue weighted by Crippen LogP contribution is -2.10. The van der Waals surface area contributed by atoms with Crippen LogP contribution in [0.15, 0.2) is 24.3 Å². The van der Waals surface area contributed by atoms with Gasteiger partial charge in [-0.1, -0.05) is 29.8 Å². The Balaban J connectivity index is 1.68. The van der Waals surface area contributed by atoms with E-state index in [-0.39, 0.29) is 5.91 Å². The van der Waals surface area contributed by atoms with E-state index in [0.717, 1.165) is 40.0 Å². The number of hydrogen-bond donors (Lipinski definition) is 1. The van der Waals surface area contributed by atoms with Crippen LogP contribution in [0.25, 0.3) is 10.1 Å². The lowest BCUT2D eigenvalue weighted by Gasteiger charge is -2.02. The zero-order valence-electron chi connectivity index (χ0n) is 11.0. The minimum absolute atomic E-state index is 0.139. The van der Waals surface area contributed by atoms with E-state index in [0.29, 0.717) is 9.90 Å². The minimum atomic E-state index is -0.139. The average molecular weight is 335 g/mol. The molecule has 0 unspecified atom stereocenters. The van der Waals surface area contributed by atoms with Crippen molar-refractivity contribution in [3.63, 3.8) is 0 Å². The Kier molecular flexibility index (Phi) is 3.21. The summed E-state index contributed by atoms with van der Waals surface area (Å²) in [6.45, 7) is 0. The van der Waals surface area contributed by atoms with E-state index in [2.05, 4.69) is 9.69 Å². The summed E-state index contributed by atoms with van der Waals surface area (Å²) in [5, 5.41) is 5.33. The number of thiophene rings is 1. The molecular weight excluding hydrogens is 324 g/mol. The Bertz CT molecular complexity index is 853. The van der Waals surface area contributed by atoms with Gasteiger partial charge in [-0.25, -0.2) is 0 Å². The zero-order chi connectivity index (χ0) is 14.4. The van der Waals surface area contributed by atoms with E-state index in [4.69, 9.17) is 11.6 Å². The highest BCUT2D eigenvalue weighted by molar-refractivity contribution is 7.21. The first-order valence-electron chi connectivity index (χ1n) is 6.70. The Hall–Kier alpha value is -1.43. The van der Waals surface area contributed by atoms with Crippen LogP contribution in [0.4, 0.5) is 5.00 Å². The lowest BCUT2D eigenvalue weighted by atomic mass is 10.2. The molecule has 2 heterocycles. The second-order valence-electron chi connectivity index (χ2n) is 4.99. The lowest BCUT2D eigenvalue weighted by molar-refractivity contribution is 0.103. The topological polar surface area (TPSA) is 42.0 Å². The molecule has 0 saturated heterocycles. The van der Waals surface area contributed by atoms with Gasteiger partial charge in [-0.2, -0.15) is 4.37 Å². The fourth-order valence-electron chi connectivity index (χ4n) is 2.65. The fraction of sp³-hybridized carbons (Fsp3) is 0.200. The molecule has 0 fully saturated rings. The Labute approximate surface area is 134 Å². The van der Waals surface area contributed by atoms with Crippen LogP contribution in [-0.4, -0.2) is 10.3 Å². The maximum absolute atomic E-state index is 12.5. The van der Waals surface area contributed by atoms with Gasteiger partial charge in [0, 0.05) is 15.6 Å². The van der Waals surface area contributed by atoms with E-state index >= 15 is 0 Å². The van der Waals surface area contributed by atoms with E-state index < -0.39 is 0 Å². The van der Waals surface area contributed by atoms with Gasteiger partial charge in [0.2, 0.25) is 0 Å². The third-order valence-electron chi connectivity index (χ3n) is 3.68. The first-order valence-corrected chi connectivity index (χ1v) is 8.66. The molecule has 1 aromatic carbocycles. The quantitative estimate of drug-likeness (QED) is 0.734. The van der Waals surface area contributed by atoms with Crippen LogP contribution in [0.3, 0.4) is 0 Å². The second kappa shape index (κ2) is 5.09. The van der Waals surface area contributed by atoms with Gasteiger partial charge in [0.15, 0.2) is 0 Å². The number of anilines is 1. The molecule has 0 atom stereocenters. The summed E-state index contributed by atoms with van der Waals surface area (Å²) < 4.78 is 5.44. The number of rotatable bonds is 2. The van der Waals surface area contributed by atoms with E-state index in [9.17, 15) is 4.79 Å². The molecule has 3 aromatic rings. The van der Waals surface area contributed by atoms with Gasteiger partial charge in [-0.05, 0) is 36.9 Å². The SMILES string of the molecule is O=C(Nc1snc2c1CCC2)c1sc2ccccc2c1Cl. The molecular formula is C15H11ClN2OS2. The Morgan fingerprint density at radius 1 is 1.29 bits per heavy atom. The number of carbonyl (C=O) groups is 1. The van der Waals surface area contributed by atoms with Gasteiger partial charge in [-0.3, -0.25) is 4.79 Å². The summed E-state index contributed by atoms with van der Waals surface area (Å²) in [7, 11) is 0. The summed E-state index contributed by atoms with van der Waals surface area (Å²) in [5.41, 5.74) is 2.34. The maximum Gasteiger partial charge on any atom is 0.267 e. The predicted octanol–water partition coefficient (Wildman–Crippen LogP) is 4.75. The van der Waals surface area contributed by atoms with Gasteiger partial charge < -0.3 is 5.32 Å². The highest BCUT2D eigenvalue weighted by Crippen LogP contribution is 2.37. The van der Waals surface area contributed by atoms with Gasteiger partial charge in [-0.15, -0.1) is 11.3 Å². The molecule has 1 amide bonds. The standard InChI is InChI=1S/C15H11ClN2OS2/c16-12-9-4-1-2-7-11(9)20-13(12)14(19)17-15-8-5-3-6-10(8)18-21-15/h1-2,4,7H,3,5-6H2,(H,17,19). The van der Waals surface area contributed by atoms with Crippen molar-refractivity contribution in [2.75, 3.05) is 5.32 Å². The molecule has 0 radical (unpaired) electrons. The predicted molar refractivity (Wildman–Crippen MR) is 88.9 cm³/mol. The second-order valence-corrected chi connectivity index (χ2v) is 7.19. The van der Waals surface area contributed by atoms with Crippen molar-refractivity contribution in [1.82, 2.24) is 4.37 Å². The van der Waals surface area contributed by atoms with Crippen molar-refractivity contribution >= 4 is 55.5 Å². The normalized spacial score (nSPS) is 13.6. The van der Waals surface area contributed by atoms with Crippen LogP contribution in [0.1, 0.15) is 27.3 Å². The molecule has 0 aliphatic heterocycles. The third-order valence-corrected chi connectivity index (χ3v) is 6.20. The highest BCUT2D eigenvalue weighted by atomic mass is 35.5. The van der Waals surface area contributed by atoms with Crippen LogP contribution in [0, 0.1) is 0 Å². The highest BCUT2D eigenvalue weighted by Gasteiger charge is 2.22. The smallest absolute Gasteiger partial charge is 0.267 e. The number of aromatic nitrogens is 1. The first kappa shape index (κ1) is 13.2. The van der Waals surface area contributed by atoms with E-state index in [1.165, 1.54) is 28.4 Å². The fourth-order valence-corrected chi connectivity index (χ4v) is 4.93. The van der Waals surface area contributed by atoms with Crippen LogP contribution in [-0.2, 0) is 12.8 Å². The molecule has 2 aromatic heterocycles. The molecule has 0 bridgehead atoms. The molecule has 4 rings (SSSR count). The van der Waals surface area contributed by atoms with Crippen molar-refractivity contribution < 1.29 is 4.79 Å². The number of benzene rings is 1. The number of carbonyl (C=O) groups excluding carboxylic acids is 1. The van der Waals surface area contributed by atoms with Gasteiger partial charge >= 0.3 is 0 Å². The average Bonchev–Trinajstić information content (AvgIpc) is 3.16. The number of aryl methyl sites for hydroxylation is 1. The summed E-state index contributed by atoms with van der Waals surface area (Å²) in [5.74, 6) is -0.139. The first-order chi connectivity index (χ1) is 10.2. The molecule has 3 nitrogen and oxygen atoms in total. The van der Waals surface area contributed by atoms with E-state index in [1.807, 2.05) is 24.3 Å². The number of nitrogens with one attached hydrogen (secondary N) is 1. The van der Waals surface area contributed by atoms with Crippen molar-refractivity contribution in [3.05, 3.63) is 45.4 Å². The Morgan fingerprint density at radius 3 is 3.00 bits per heavy atom. The molecule has 0 saturated carbocycles. The zero-order valence-corrected chi connectivity index (χ0v) is 13.4. The number of amides is 1. The molecule has 1 aliphatic rings.